The molecular formula is C16H21NO4S. The van der Waals surface area contributed by atoms with Crippen LogP contribution in [0.3, 0.4) is 0 Å². The molecule has 1 aromatic carbocycles. The summed E-state index contributed by atoms with van der Waals surface area (Å²) in [5.41, 5.74) is 1.75. The van der Waals surface area contributed by atoms with Crippen molar-refractivity contribution < 1.29 is 17.6 Å². The SMILES string of the molecule is CCOc1ccc(S(=O)(=O)NC(C)Cc2ccoc2)cc1C. The quantitative estimate of drug-likeness (QED) is 0.850. The van der Waals surface area contributed by atoms with E-state index in [0.717, 1.165) is 11.1 Å². The van der Waals surface area contributed by atoms with Gasteiger partial charge in [-0.3, -0.25) is 0 Å². The van der Waals surface area contributed by atoms with Gasteiger partial charge in [0.2, 0.25) is 10.0 Å². The first-order valence-corrected chi connectivity index (χ1v) is 8.67. The highest BCUT2D eigenvalue weighted by Gasteiger charge is 2.18. The third kappa shape index (κ3) is 4.11. The zero-order chi connectivity index (χ0) is 16.2. The van der Waals surface area contributed by atoms with Crippen molar-refractivity contribution in [1.82, 2.24) is 4.72 Å². The van der Waals surface area contributed by atoms with Crippen molar-refractivity contribution in [2.75, 3.05) is 6.61 Å². The Kier molecular flexibility index (Phi) is 5.26. The van der Waals surface area contributed by atoms with E-state index in [-0.39, 0.29) is 10.9 Å². The summed E-state index contributed by atoms with van der Waals surface area (Å²) in [6.07, 6.45) is 3.77. The molecule has 1 aromatic heterocycles. The maximum absolute atomic E-state index is 12.4. The highest BCUT2D eigenvalue weighted by atomic mass is 32.2. The molecule has 22 heavy (non-hydrogen) atoms. The summed E-state index contributed by atoms with van der Waals surface area (Å²) in [6.45, 7) is 6.10. The van der Waals surface area contributed by atoms with Crippen LogP contribution in [-0.2, 0) is 16.4 Å². The van der Waals surface area contributed by atoms with Gasteiger partial charge in [-0.25, -0.2) is 13.1 Å². The predicted octanol–water partition coefficient (Wildman–Crippen LogP) is 2.90. The van der Waals surface area contributed by atoms with Crippen LogP contribution in [0, 0.1) is 6.92 Å². The van der Waals surface area contributed by atoms with Crippen LogP contribution < -0.4 is 9.46 Å². The Labute approximate surface area is 131 Å². The zero-order valence-corrected chi connectivity index (χ0v) is 13.8. The average Bonchev–Trinajstić information content (AvgIpc) is 2.93. The van der Waals surface area contributed by atoms with Crippen LogP contribution in [0.25, 0.3) is 0 Å². The van der Waals surface area contributed by atoms with Crippen molar-refractivity contribution in [2.45, 2.75) is 38.1 Å². The molecule has 1 N–H and O–H groups in total. The minimum atomic E-state index is -3.55. The Morgan fingerprint density at radius 2 is 2.09 bits per heavy atom. The smallest absolute Gasteiger partial charge is 0.240 e. The van der Waals surface area contributed by atoms with Crippen molar-refractivity contribution in [3.63, 3.8) is 0 Å². The fourth-order valence-electron chi connectivity index (χ4n) is 2.24. The first-order valence-electron chi connectivity index (χ1n) is 7.19. The molecule has 0 amide bonds. The van der Waals surface area contributed by atoms with Gasteiger partial charge in [0, 0.05) is 6.04 Å². The molecule has 1 heterocycles. The Hall–Kier alpha value is -1.79. The summed E-state index contributed by atoms with van der Waals surface area (Å²) < 4.78 is 37.9. The van der Waals surface area contributed by atoms with Gasteiger partial charge in [0.25, 0.3) is 0 Å². The molecule has 0 saturated carbocycles. The maximum Gasteiger partial charge on any atom is 0.240 e. The van der Waals surface area contributed by atoms with E-state index in [0.29, 0.717) is 18.8 Å². The van der Waals surface area contributed by atoms with Crippen molar-refractivity contribution >= 4 is 10.0 Å². The highest BCUT2D eigenvalue weighted by Crippen LogP contribution is 2.22. The van der Waals surface area contributed by atoms with Gasteiger partial charge in [0.1, 0.15) is 5.75 Å². The first-order chi connectivity index (χ1) is 10.4. The van der Waals surface area contributed by atoms with Gasteiger partial charge < -0.3 is 9.15 Å². The van der Waals surface area contributed by atoms with E-state index in [1.165, 1.54) is 0 Å². The minimum absolute atomic E-state index is 0.227. The van der Waals surface area contributed by atoms with Crippen molar-refractivity contribution in [3.05, 3.63) is 47.9 Å². The molecule has 0 aliphatic rings. The van der Waals surface area contributed by atoms with E-state index in [9.17, 15) is 8.42 Å². The fraction of sp³-hybridized carbons (Fsp3) is 0.375. The van der Waals surface area contributed by atoms with Gasteiger partial charge in [0.15, 0.2) is 0 Å². The van der Waals surface area contributed by atoms with E-state index in [2.05, 4.69) is 4.72 Å². The maximum atomic E-state index is 12.4. The molecule has 1 atom stereocenters. The van der Waals surface area contributed by atoms with Crippen LogP contribution in [0.1, 0.15) is 25.0 Å². The number of hydrogen-bond donors (Lipinski definition) is 1. The number of nitrogens with one attached hydrogen (secondary N) is 1. The molecule has 0 aliphatic carbocycles. The summed E-state index contributed by atoms with van der Waals surface area (Å²) in [6, 6.07) is 6.47. The van der Waals surface area contributed by atoms with Gasteiger partial charge in [-0.15, -0.1) is 0 Å². The molecule has 2 rings (SSSR count). The first kappa shape index (κ1) is 16.6. The fourth-order valence-corrected chi connectivity index (χ4v) is 3.57. The Balaban J connectivity index is 2.11. The summed E-state index contributed by atoms with van der Waals surface area (Å²) in [7, 11) is -3.55. The van der Waals surface area contributed by atoms with Crippen molar-refractivity contribution in [3.8, 4) is 5.75 Å². The number of sulfonamides is 1. The second-order valence-corrected chi connectivity index (χ2v) is 6.93. The van der Waals surface area contributed by atoms with E-state index in [1.807, 2.05) is 26.8 Å². The topological polar surface area (TPSA) is 68.5 Å². The lowest BCUT2D eigenvalue weighted by Crippen LogP contribution is -2.34. The largest absolute Gasteiger partial charge is 0.494 e. The van der Waals surface area contributed by atoms with Crippen LogP contribution in [0.15, 0.2) is 46.1 Å². The molecule has 120 valence electrons. The number of furan rings is 1. The Morgan fingerprint density at radius 3 is 2.68 bits per heavy atom. The lowest BCUT2D eigenvalue weighted by Gasteiger charge is -2.14. The van der Waals surface area contributed by atoms with Crippen LogP contribution in [0.4, 0.5) is 0 Å². The monoisotopic (exact) mass is 323 g/mol. The predicted molar refractivity (Wildman–Crippen MR) is 84.5 cm³/mol. The molecular weight excluding hydrogens is 302 g/mol. The molecule has 6 heteroatoms. The molecule has 5 nitrogen and oxygen atoms in total. The summed E-state index contributed by atoms with van der Waals surface area (Å²) in [5.74, 6) is 0.702. The van der Waals surface area contributed by atoms with Gasteiger partial charge in [-0.2, -0.15) is 0 Å². The summed E-state index contributed by atoms with van der Waals surface area (Å²) in [5, 5.41) is 0. The minimum Gasteiger partial charge on any atom is -0.494 e. The Morgan fingerprint density at radius 1 is 1.32 bits per heavy atom. The number of hydrogen-bond acceptors (Lipinski definition) is 4. The average molecular weight is 323 g/mol. The number of ether oxygens (including phenoxy) is 1. The van der Waals surface area contributed by atoms with Crippen molar-refractivity contribution in [1.29, 1.82) is 0 Å². The molecule has 0 fully saturated rings. The molecule has 0 aliphatic heterocycles. The molecule has 0 saturated heterocycles. The molecule has 0 radical (unpaired) electrons. The lowest BCUT2D eigenvalue weighted by atomic mass is 10.1. The zero-order valence-electron chi connectivity index (χ0n) is 13.0. The number of aryl methyl sites for hydroxylation is 1. The van der Waals surface area contributed by atoms with Gasteiger partial charge in [-0.05, 0) is 62.6 Å². The number of benzene rings is 1. The third-order valence-electron chi connectivity index (χ3n) is 3.23. The molecule has 2 aromatic rings. The van der Waals surface area contributed by atoms with Crippen LogP contribution in [0.5, 0.6) is 5.75 Å². The van der Waals surface area contributed by atoms with Crippen LogP contribution in [0.2, 0.25) is 0 Å². The normalized spacial score (nSPS) is 13.0. The summed E-state index contributed by atoms with van der Waals surface area (Å²) in [4.78, 5) is 0.243. The second-order valence-electron chi connectivity index (χ2n) is 5.22. The Bertz CT molecular complexity index is 708. The second kappa shape index (κ2) is 6.98. The molecule has 0 bridgehead atoms. The van der Waals surface area contributed by atoms with Crippen LogP contribution in [-0.4, -0.2) is 21.1 Å². The standard InChI is InChI=1S/C16H21NO4S/c1-4-21-16-6-5-15(9-12(16)2)22(18,19)17-13(3)10-14-7-8-20-11-14/h5-9,11,13,17H,4,10H2,1-3H3. The molecule has 0 spiro atoms. The molecule has 1 unspecified atom stereocenters. The van der Waals surface area contributed by atoms with E-state index in [1.54, 1.807) is 30.7 Å². The van der Waals surface area contributed by atoms with Crippen LogP contribution >= 0.6 is 0 Å². The van der Waals surface area contributed by atoms with Gasteiger partial charge >= 0.3 is 0 Å². The van der Waals surface area contributed by atoms with Gasteiger partial charge in [-0.1, -0.05) is 0 Å². The van der Waals surface area contributed by atoms with E-state index < -0.39 is 10.0 Å². The highest BCUT2D eigenvalue weighted by molar-refractivity contribution is 7.89. The lowest BCUT2D eigenvalue weighted by molar-refractivity contribution is 0.337. The summed E-state index contributed by atoms with van der Waals surface area (Å²) >= 11 is 0. The van der Waals surface area contributed by atoms with Gasteiger partial charge in [0.05, 0.1) is 24.0 Å². The number of rotatable bonds is 7. The third-order valence-corrected chi connectivity index (χ3v) is 4.82. The van der Waals surface area contributed by atoms with E-state index in [4.69, 9.17) is 9.15 Å². The van der Waals surface area contributed by atoms with Crippen molar-refractivity contribution in [2.24, 2.45) is 0 Å². The van der Waals surface area contributed by atoms with E-state index >= 15 is 0 Å².